The van der Waals surface area contributed by atoms with Gasteiger partial charge in [0.15, 0.2) is 0 Å². The van der Waals surface area contributed by atoms with Crippen LogP contribution in [-0.2, 0) is 6.54 Å². The Bertz CT molecular complexity index is 413. The fraction of sp³-hybridized carbons (Fsp3) is 0.600. The molecule has 1 aliphatic rings. The van der Waals surface area contributed by atoms with Gasteiger partial charge in [-0.25, -0.2) is 0 Å². The van der Waals surface area contributed by atoms with Crippen molar-refractivity contribution < 1.29 is 18.6 Å². The van der Waals surface area contributed by atoms with Crippen molar-refractivity contribution in [1.82, 2.24) is 4.90 Å². The molecule has 2 rings (SSSR count). The second-order valence-electron chi connectivity index (χ2n) is 5.16. The van der Waals surface area contributed by atoms with Gasteiger partial charge < -0.3 is 9.84 Å². The van der Waals surface area contributed by atoms with Gasteiger partial charge in [0.2, 0.25) is 0 Å². The zero-order valence-electron chi connectivity index (χ0n) is 11.5. The number of alkyl halides is 2. The van der Waals surface area contributed by atoms with Gasteiger partial charge in [0, 0.05) is 19.2 Å². The minimum atomic E-state index is -2.79. The second kappa shape index (κ2) is 7.55. The number of rotatable bonds is 6. The number of ether oxygens (including phenoxy) is 1. The number of aliphatic hydroxyl groups excluding tert-OH is 1. The average Bonchev–Trinajstić information content (AvgIpc) is 2.41. The quantitative estimate of drug-likeness (QED) is 0.872. The van der Waals surface area contributed by atoms with Crippen LogP contribution in [-0.4, -0.2) is 35.8 Å². The highest BCUT2D eigenvalue weighted by Gasteiger charge is 2.21. The van der Waals surface area contributed by atoms with Crippen molar-refractivity contribution in [2.75, 3.05) is 13.2 Å². The fourth-order valence-corrected chi connectivity index (χ4v) is 2.80. The summed E-state index contributed by atoms with van der Waals surface area (Å²) in [5.74, 6) is 0.202. The number of piperidine rings is 1. The molecule has 1 saturated heterocycles. The summed E-state index contributed by atoms with van der Waals surface area (Å²) in [6.07, 6.45) is 4.20. The SMILES string of the molecule is OCCC1CCCCN1Cc1cccc(OC(F)F)c1. The summed E-state index contributed by atoms with van der Waals surface area (Å²) in [6, 6.07) is 7.24. The molecule has 0 aromatic heterocycles. The number of hydrogen-bond donors (Lipinski definition) is 1. The van der Waals surface area contributed by atoms with E-state index >= 15 is 0 Å². The Morgan fingerprint density at radius 1 is 1.35 bits per heavy atom. The Hall–Kier alpha value is -1.20. The maximum atomic E-state index is 12.2. The molecule has 1 atom stereocenters. The average molecular weight is 285 g/mol. The minimum Gasteiger partial charge on any atom is -0.435 e. The Kier molecular flexibility index (Phi) is 5.73. The van der Waals surface area contributed by atoms with Crippen molar-refractivity contribution in [3.05, 3.63) is 29.8 Å². The van der Waals surface area contributed by atoms with Crippen LogP contribution in [0.25, 0.3) is 0 Å². The maximum Gasteiger partial charge on any atom is 0.387 e. The third-order valence-electron chi connectivity index (χ3n) is 3.72. The molecular weight excluding hydrogens is 264 g/mol. The van der Waals surface area contributed by atoms with Crippen LogP contribution in [0.3, 0.4) is 0 Å². The molecule has 0 spiro atoms. The van der Waals surface area contributed by atoms with Gasteiger partial charge in [0.1, 0.15) is 5.75 Å². The topological polar surface area (TPSA) is 32.7 Å². The van der Waals surface area contributed by atoms with E-state index in [1.807, 2.05) is 6.07 Å². The first kappa shape index (κ1) is 15.2. The standard InChI is InChI=1S/C15H21F2NO2/c16-15(17)20-14-6-3-4-12(10-14)11-18-8-2-1-5-13(18)7-9-19/h3-4,6,10,13,15,19H,1-2,5,7-9,11H2. The maximum absolute atomic E-state index is 12.2. The van der Waals surface area contributed by atoms with E-state index in [2.05, 4.69) is 9.64 Å². The van der Waals surface area contributed by atoms with E-state index in [1.165, 1.54) is 12.5 Å². The van der Waals surface area contributed by atoms with Crippen LogP contribution in [0.5, 0.6) is 5.75 Å². The highest BCUT2D eigenvalue weighted by molar-refractivity contribution is 5.28. The van der Waals surface area contributed by atoms with Crippen LogP contribution < -0.4 is 4.74 Å². The van der Waals surface area contributed by atoms with E-state index in [1.54, 1.807) is 12.1 Å². The van der Waals surface area contributed by atoms with Crippen molar-refractivity contribution >= 4 is 0 Å². The van der Waals surface area contributed by atoms with Crippen molar-refractivity contribution in [3.8, 4) is 5.75 Å². The van der Waals surface area contributed by atoms with E-state index in [4.69, 9.17) is 5.11 Å². The van der Waals surface area contributed by atoms with Gasteiger partial charge in [0.25, 0.3) is 0 Å². The lowest BCUT2D eigenvalue weighted by atomic mass is 9.99. The Morgan fingerprint density at radius 3 is 2.95 bits per heavy atom. The molecule has 112 valence electrons. The fourth-order valence-electron chi connectivity index (χ4n) is 2.80. The largest absolute Gasteiger partial charge is 0.435 e. The lowest BCUT2D eigenvalue weighted by molar-refractivity contribution is -0.0499. The predicted molar refractivity (Wildman–Crippen MR) is 72.8 cm³/mol. The van der Waals surface area contributed by atoms with E-state index < -0.39 is 6.61 Å². The Labute approximate surface area is 118 Å². The molecule has 0 saturated carbocycles. The third-order valence-corrected chi connectivity index (χ3v) is 3.72. The van der Waals surface area contributed by atoms with Crippen molar-refractivity contribution in [2.45, 2.75) is 44.9 Å². The number of benzene rings is 1. The summed E-state index contributed by atoms with van der Waals surface area (Å²) >= 11 is 0. The molecule has 0 aliphatic carbocycles. The van der Waals surface area contributed by atoms with E-state index in [9.17, 15) is 8.78 Å². The van der Waals surface area contributed by atoms with Gasteiger partial charge in [-0.3, -0.25) is 4.90 Å². The first-order chi connectivity index (χ1) is 9.69. The summed E-state index contributed by atoms with van der Waals surface area (Å²) in [6.45, 7) is -0.895. The number of nitrogens with zero attached hydrogens (tertiary/aromatic N) is 1. The van der Waals surface area contributed by atoms with Crippen LogP contribution in [0.1, 0.15) is 31.2 Å². The highest BCUT2D eigenvalue weighted by Crippen LogP contribution is 2.23. The monoisotopic (exact) mass is 285 g/mol. The van der Waals surface area contributed by atoms with Gasteiger partial charge in [0.05, 0.1) is 0 Å². The molecule has 5 heteroatoms. The first-order valence-electron chi connectivity index (χ1n) is 7.07. The summed E-state index contributed by atoms with van der Waals surface area (Å²) in [5, 5.41) is 9.12. The summed E-state index contributed by atoms with van der Waals surface area (Å²) in [4.78, 5) is 2.32. The van der Waals surface area contributed by atoms with E-state index in [0.717, 1.165) is 31.4 Å². The van der Waals surface area contributed by atoms with Gasteiger partial charge in [-0.15, -0.1) is 0 Å². The number of likely N-dealkylation sites (tertiary alicyclic amines) is 1. The molecule has 1 heterocycles. The number of aliphatic hydroxyl groups is 1. The third kappa shape index (κ3) is 4.42. The zero-order chi connectivity index (χ0) is 14.4. The van der Waals surface area contributed by atoms with Crippen LogP contribution in [0.4, 0.5) is 8.78 Å². The molecule has 0 radical (unpaired) electrons. The van der Waals surface area contributed by atoms with Gasteiger partial charge in [-0.1, -0.05) is 18.6 Å². The first-order valence-corrected chi connectivity index (χ1v) is 7.07. The van der Waals surface area contributed by atoms with Crippen molar-refractivity contribution in [3.63, 3.8) is 0 Å². The van der Waals surface area contributed by atoms with Crippen molar-refractivity contribution in [1.29, 1.82) is 0 Å². The molecule has 0 amide bonds. The number of hydrogen-bond acceptors (Lipinski definition) is 3. The molecule has 1 N–H and O–H groups in total. The summed E-state index contributed by atoms with van der Waals surface area (Å²) in [7, 11) is 0. The van der Waals surface area contributed by atoms with E-state index in [-0.39, 0.29) is 12.4 Å². The minimum absolute atomic E-state index is 0.190. The Morgan fingerprint density at radius 2 is 2.20 bits per heavy atom. The molecular formula is C15H21F2NO2. The van der Waals surface area contributed by atoms with Gasteiger partial charge in [-0.05, 0) is 43.5 Å². The second-order valence-corrected chi connectivity index (χ2v) is 5.16. The van der Waals surface area contributed by atoms with Crippen LogP contribution in [0, 0.1) is 0 Å². The predicted octanol–water partition coefficient (Wildman–Crippen LogP) is 3.02. The summed E-state index contributed by atoms with van der Waals surface area (Å²) < 4.78 is 28.9. The van der Waals surface area contributed by atoms with Gasteiger partial charge >= 0.3 is 6.61 Å². The van der Waals surface area contributed by atoms with Gasteiger partial charge in [-0.2, -0.15) is 8.78 Å². The normalized spacial score (nSPS) is 20.3. The molecule has 1 aromatic carbocycles. The van der Waals surface area contributed by atoms with Crippen LogP contribution >= 0.6 is 0 Å². The van der Waals surface area contributed by atoms with Crippen LogP contribution in [0.2, 0.25) is 0 Å². The zero-order valence-corrected chi connectivity index (χ0v) is 11.5. The molecule has 20 heavy (non-hydrogen) atoms. The van der Waals surface area contributed by atoms with Crippen molar-refractivity contribution in [2.24, 2.45) is 0 Å². The van der Waals surface area contributed by atoms with E-state index in [0.29, 0.717) is 12.6 Å². The highest BCUT2D eigenvalue weighted by atomic mass is 19.3. The smallest absolute Gasteiger partial charge is 0.387 e. The molecule has 0 bridgehead atoms. The Balaban J connectivity index is 2.00. The molecule has 1 aromatic rings. The lowest BCUT2D eigenvalue weighted by Gasteiger charge is -2.35. The lowest BCUT2D eigenvalue weighted by Crippen LogP contribution is -2.39. The molecule has 3 nitrogen and oxygen atoms in total. The van der Waals surface area contributed by atoms with Crippen LogP contribution in [0.15, 0.2) is 24.3 Å². The molecule has 1 aliphatic heterocycles. The molecule has 1 fully saturated rings. The summed E-state index contributed by atoms with van der Waals surface area (Å²) in [5.41, 5.74) is 0.966. The number of halogens is 2. The molecule has 1 unspecified atom stereocenters.